The van der Waals surface area contributed by atoms with Gasteiger partial charge in [0.05, 0.1) is 18.4 Å². The fourth-order valence-electron chi connectivity index (χ4n) is 4.34. The molecule has 6 nitrogen and oxygen atoms in total. The first-order valence-corrected chi connectivity index (χ1v) is 11.6. The van der Waals surface area contributed by atoms with E-state index in [0.717, 1.165) is 11.1 Å². The van der Waals surface area contributed by atoms with Gasteiger partial charge < -0.3 is 9.84 Å². The molecule has 4 rings (SSSR count). The van der Waals surface area contributed by atoms with E-state index in [1.54, 1.807) is 67.9 Å². The molecule has 1 aromatic heterocycles. The molecule has 1 saturated heterocycles. The molecule has 2 heterocycles. The molecule has 7 heteroatoms. The zero-order chi connectivity index (χ0) is 25.5. The first-order chi connectivity index (χ1) is 16.5. The fourth-order valence-corrected chi connectivity index (χ4v) is 4.50. The van der Waals surface area contributed by atoms with Crippen LogP contribution in [0.1, 0.15) is 49.2 Å². The number of amides is 1. The van der Waals surface area contributed by atoms with Crippen LogP contribution in [-0.4, -0.2) is 28.9 Å². The van der Waals surface area contributed by atoms with Gasteiger partial charge in [-0.05, 0) is 60.4 Å². The standard InChI is InChI=1S/C28H27ClN2O4/c1-16-9-11-18(29)15-21(16)31-24(20-8-6-7-13-30-20)23(26(33)27(31)34)25(32)17-10-12-22(35-5)19(14-17)28(2,3)4/h6-15,24,32H,1-5H3/b25-23-. The molecule has 1 fully saturated rings. The third kappa shape index (κ3) is 4.42. The number of Topliss-reactive ketones (excluding diaryl/α,β-unsaturated/α-hetero) is 1. The smallest absolute Gasteiger partial charge is 0.300 e. The molecule has 35 heavy (non-hydrogen) atoms. The van der Waals surface area contributed by atoms with Crippen molar-refractivity contribution >= 4 is 34.7 Å². The van der Waals surface area contributed by atoms with Crippen LogP contribution < -0.4 is 9.64 Å². The lowest BCUT2D eigenvalue weighted by molar-refractivity contribution is -0.132. The van der Waals surface area contributed by atoms with Crippen molar-refractivity contribution in [3.05, 3.63) is 93.8 Å². The lowest BCUT2D eigenvalue weighted by atomic mass is 9.84. The third-order valence-corrected chi connectivity index (χ3v) is 6.36. The molecule has 1 aliphatic heterocycles. The number of nitrogens with zero attached hydrogens (tertiary/aromatic N) is 2. The first-order valence-electron chi connectivity index (χ1n) is 11.2. The summed E-state index contributed by atoms with van der Waals surface area (Å²) in [5.74, 6) is -1.14. The summed E-state index contributed by atoms with van der Waals surface area (Å²) in [6, 6.07) is 14.7. The number of anilines is 1. The molecule has 0 bridgehead atoms. The largest absolute Gasteiger partial charge is 0.507 e. The Morgan fingerprint density at radius 1 is 1.09 bits per heavy atom. The van der Waals surface area contributed by atoms with Crippen molar-refractivity contribution in [1.82, 2.24) is 4.98 Å². The Labute approximate surface area is 209 Å². The molecule has 1 aliphatic rings. The van der Waals surface area contributed by atoms with Crippen LogP contribution in [0.3, 0.4) is 0 Å². The molecule has 1 atom stereocenters. The molecular formula is C28H27ClN2O4. The minimum absolute atomic E-state index is 0.0295. The van der Waals surface area contributed by atoms with Crippen LogP contribution in [0, 0.1) is 6.92 Å². The highest BCUT2D eigenvalue weighted by molar-refractivity contribution is 6.52. The number of ketones is 1. The number of aromatic nitrogens is 1. The van der Waals surface area contributed by atoms with Crippen LogP contribution in [0.5, 0.6) is 5.75 Å². The molecule has 2 aromatic carbocycles. The van der Waals surface area contributed by atoms with Gasteiger partial charge in [0.25, 0.3) is 11.7 Å². The summed E-state index contributed by atoms with van der Waals surface area (Å²) in [5, 5.41) is 11.9. The summed E-state index contributed by atoms with van der Waals surface area (Å²) in [5.41, 5.74) is 2.66. The number of benzene rings is 2. The second-order valence-corrected chi connectivity index (χ2v) is 9.96. The zero-order valence-electron chi connectivity index (χ0n) is 20.3. The molecule has 1 N–H and O–H groups in total. The Morgan fingerprint density at radius 2 is 1.83 bits per heavy atom. The van der Waals surface area contributed by atoms with Crippen LogP contribution in [0.4, 0.5) is 5.69 Å². The number of halogens is 1. The van der Waals surface area contributed by atoms with Gasteiger partial charge in [0, 0.05) is 28.0 Å². The maximum atomic E-state index is 13.4. The second kappa shape index (κ2) is 9.19. The quantitative estimate of drug-likeness (QED) is 0.276. The molecule has 0 saturated carbocycles. The van der Waals surface area contributed by atoms with Gasteiger partial charge in [-0.25, -0.2) is 0 Å². The maximum absolute atomic E-state index is 13.4. The summed E-state index contributed by atoms with van der Waals surface area (Å²) in [4.78, 5) is 32.6. The number of aryl methyl sites for hydroxylation is 1. The van der Waals surface area contributed by atoms with Crippen molar-refractivity contribution in [2.75, 3.05) is 12.0 Å². The monoisotopic (exact) mass is 490 g/mol. The minimum atomic E-state index is -0.923. The van der Waals surface area contributed by atoms with Crippen LogP contribution in [0.15, 0.2) is 66.4 Å². The lowest BCUT2D eigenvalue weighted by Gasteiger charge is -2.26. The number of hydrogen-bond acceptors (Lipinski definition) is 5. The summed E-state index contributed by atoms with van der Waals surface area (Å²) >= 11 is 6.24. The van der Waals surface area contributed by atoms with Crippen LogP contribution >= 0.6 is 11.6 Å². The molecule has 180 valence electrons. The molecular weight excluding hydrogens is 464 g/mol. The Balaban J connectivity index is 1.98. The lowest BCUT2D eigenvalue weighted by Crippen LogP contribution is -2.30. The number of carbonyl (C=O) groups excluding carboxylic acids is 2. The summed E-state index contributed by atoms with van der Waals surface area (Å²) in [7, 11) is 1.59. The van der Waals surface area contributed by atoms with Crippen LogP contribution in [0.2, 0.25) is 5.02 Å². The Kier molecular flexibility index (Phi) is 6.43. The highest BCUT2D eigenvalue weighted by atomic mass is 35.5. The molecule has 1 unspecified atom stereocenters. The van der Waals surface area contributed by atoms with Gasteiger partial charge in [-0.1, -0.05) is 44.5 Å². The SMILES string of the molecule is COc1ccc(/C(O)=C2/C(=O)C(=O)N(c3cc(Cl)ccc3C)C2c2ccccn2)cc1C(C)(C)C. The van der Waals surface area contributed by atoms with Crippen molar-refractivity contribution in [3.8, 4) is 5.75 Å². The number of pyridine rings is 1. The van der Waals surface area contributed by atoms with Crippen molar-refractivity contribution in [2.24, 2.45) is 0 Å². The molecule has 3 aromatic rings. The van der Waals surface area contributed by atoms with Gasteiger partial charge in [0.15, 0.2) is 0 Å². The maximum Gasteiger partial charge on any atom is 0.300 e. The van der Waals surface area contributed by atoms with Crippen molar-refractivity contribution in [3.63, 3.8) is 0 Å². The predicted molar refractivity (Wildman–Crippen MR) is 137 cm³/mol. The van der Waals surface area contributed by atoms with Gasteiger partial charge in [-0.3, -0.25) is 19.5 Å². The number of hydrogen-bond donors (Lipinski definition) is 1. The van der Waals surface area contributed by atoms with Gasteiger partial charge in [-0.2, -0.15) is 0 Å². The molecule has 1 amide bonds. The van der Waals surface area contributed by atoms with Crippen molar-refractivity contribution in [2.45, 2.75) is 39.2 Å². The highest BCUT2D eigenvalue weighted by Crippen LogP contribution is 2.43. The van der Waals surface area contributed by atoms with Gasteiger partial charge in [-0.15, -0.1) is 0 Å². The van der Waals surface area contributed by atoms with E-state index in [-0.39, 0.29) is 16.7 Å². The predicted octanol–water partition coefficient (Wildman–Crippen LogP) is 5.98. The Morgan fingerprint density at radius 3 is 2.46 bits per heavy atom. The number of carbonyl (C=O) groups is 2. The Hall–Kier alpha value is -3.64. The summed E-state index contributed by atoms with van der Waals surface area (Å²) in [6.07, 6.45) is 1.59. The van der Waals surface area contributed by atoms with E-state index in [4.69, 9.17) is 16.3 Å². The number of ether oxygens (including phenoxy) is 1. The topological polar surface area (TPSA) is 79.7 Å². The first kappa shape index (κ1) is 24.5. The zero-order valence-corrected chi connectivity index (χ0v) is 21.1. The normalized spacial score (nSPS) is 17.7. The summed E-state index contributed by atoms with van der Waals surface area (Å²) < 4.78 is 5.51. The van der Waals surface area contributed by atoms with E-state index < -0.39 is 17.7 Å². The van der Waals surface area contributed by atoms with E-state index in [9.17, 15) is 14.7 Å². The average molecular weight is 491 g/mol. The minimum Gasteiger partial charge on any atom is -0.507 e. The second-order valence-electron chi connectivity index (χ2n) is 9.52. The Bertz CT molecular complexity index is 1340. The van der Waals surface area contributed by atoms with E-state index in [0.29, 0.717) is 27.7 Å². The van der Waals surface area contributed by atoms with Gasteiger partial charge in [0.1, 0.15) is 17.6 Å². The van der Waals surface area contributed by atoms with E-state index in [2.05, 4.69) is 4.98 Å². The van der Waals surface area contributed by atoms with E-state index in [1.165, 1.54) is 4.90 Å². The van der Waals surface area contributed by atoms with E-state index in [1.807, 2.05) is 27.7 Å². The summed E-state index contributed by atoms with van der Waals surface area (Å²) in [6.45, 7) is 7.93. The van der Waals surface area contributed by atoms with Crippen molar-refractivity contribution in [1.29, 1.82) is 0 Å². The number of aliphatic hydroxyl groups is 1. The van der Waals surface area contributed by atoms with Crippen LogP contribution in [-0.2, 0) is 15.0 Å². The number of rotatable bonds is 4. The van der Waals surface area contributed by atoms with Crippen molar-refractivity contribution < 1.29 is 19.4 Å². The molecule has 0 spiro atoms. The van der Waals surface area contributed by atoms with Crippen LogP contribution in [0.25, 0.3) is 5.76 Å². The van der Waals surface area contributed by atoms with Gasteiger partial charge in [0.2, 0.25) is 0 Å². The molecule has 0 aliphatic carbocycles. The molecule has 0 radical (unpaired) electrons. The third-order valence-electron chi connectivity index (χ3n) is 6.12. The van der Waals surface area contributed by atoms with Gasteiger partial charge >= 0.3 is 0 Å². The highest BCUT2D eigenvalue weighted by Gasteiger charge is 2.48. The number of methoxy groups -OCH3 is 1. The fraction of sp³-hybridized carbons (Fsp3) is 0.250. The number of aliphatic hydroxyl groups excluding tert-OH is 1. The average Bonchev–Trinajstić information content (AvgIpc) is 3.10. The van der Waals surface area contributed by atoms with E-state index >= 15 is 0 Å².